The molecule has 1 rings (SSSR count). The van der Waals surface area contributed by atoms with Gasteiger partial charge in [0.1, 0.15) is 0 Å². The molecule has 1 heteroatoms. The standard InChI is InChI=1S/C12H17N/c1-4-5-6-11(3)12-9-10(2)7-8-13-12/h5-9,11H,4H2,1-3H3. The van der Waals surface area contributed by atoms with Crippen LogP contribution in [0, 0.1) is 6.92 Å². The molecule has 1 atom stereocenters. The van der Waals surface area contributed by atoms with Crippen LogP contribution >= 0.6 is 0 Å². The third kappa shape index (κ3) is 3.02. The minimum absolute atomic E-state index is 0.430. The molecule has 1 nitrogen and oxygen atoms in total. The molecule has 0 saturated heterocycles. The monoisotopic (exact) mass is 175 g/mol. The van der Waals surface area contributed by atoms with Crippen molar-refractivity contribution in [1.29, 1.82) is 0 Å². The van der Waals surface area contributed by atoms with Crippen LogP contribution in [0.25, 0.3) is 0 Å². The van der Waals surface area contributed by atoms with Crippen molar-refractivity contribution in [2.75, 3.05) is 0 Å². The van der Waals surface area contributed by atoms with Gasteiger partial charge in [-0.25, -0.2) is 0 Å². The fourth-order valence-corrected chi connectivity index (χ4v) is 1.25. The number of hydrogen-bond donors (Lipinski definition) is 0. The lowest BCUT2D eigenvalue weighted by atomic mass is 10.1. The molecule has 0 N–H and O–H groups in total. The first-order chi connectivity index (χ1) is 6.24. The zero-order chi connectivity index (χ0) is 9.68. The molecule has 0 fully saturated rings. The Balaban J connectivity index is 2.76. The van der Waals surface area contributed by atoms with E-state index < -0.39 is 0 Å². The number of aromatic nitrogens is 1. The SMILES string of the molecule is CCC=CC(C)c1cc(C)ccn1. The molecule has 0 aromatic carbocycles. The highest BCUT2D eigenvalue weighted by atomic mass is 14.7. The van der Waals surface area contributed by atoms with Gasteiger partial charge in [0.15, 0.2) is 0 Å². The number of allylic oxidation sites excluding steroid dienone is 2. The summed E-state index contributed by atoms with van der Waals surface area (Å²) in [6.45, 7) is 6.42. The third-order valence-corrected chi connectivity index (χ3v) is 2.06. The number of aryl methyl sites for hydroxylation is 1. The number of pyridine rings is 1. The van der Waals surface area contributed by atoms with Crippen molar-refractivity contribution in [1.82, 2.24) is 4.98 Å². The summed E-state index contributed by atoms with van der Waals surface area (Å²) in [5.41, 5.74) is 2.44. The topological polar surface area (TPSA) is 12.9 Å². The molecule has 1 unspecified atom stereocenters. The average molecular weight is 175 g/mol. The first kappa shape index (κ1) is 9.97. The number of hydrogen-bond acceptors (Lipinski definition) is 1. The second-order valence-electron chi connectivity index (χ2n) is 3.38. The summed E-state index contributed by atoms with van der Waals surface area (Å²) in [5, 5.41) is 0. The molecular formula is C12H17N. The second kappa shape index (κ2) is 4.80. The van der Waals surface area contributed by atoms with Gasteiger partial charge in [0.05, 0.1) is 0 Å². The zero-order valence-electron chi connectivity index (χ0n) is 8.62. The maximum atomic E-state index is 4.34. The molecule has 70 valence electrons. The minimum Gasteiger partial charge on any atom is -0.261 e. The van der Waals surface area contributed by atoms with Gasteiger partial charge < -0.3 is 0 Å². The van der Waals surface area contributed by atoms with Crippen LogP contribution in [0.1, 0.15) is 37.4 Å². The van der Waals surface area contributed by atoms with E-state index in [4.69, 9.17) is 0 Å². The molecule has 1 aromatic rings. The van der Waals surface area contributed by atoms with E-state index in [2.05, 4.69) is 44.0 Å². The van der Waals surface area contributed by atoms with Crippen molar-refractivity contribution in [2.24, 2.45) is 0 Å². The van der Waals surface area contributed by atoms with E-state index in [0.717, 1.165) is 12.1 Å². The molecule has 0 aliphatic heterocycles. The van der Waals surface area contributed by atoms with E-state index in [0.29, 0.717) is 5.92 Å². The van der Waals surface area contributed by atoms with Gasteiger partial charge in [-0.3, -0.25) is 4.98 Å². The molecule has 1 heterocycles. The van der Waals surface area contributed by atoms with Gasteiger partial charge in [0, 0.05) is 17.8 Å². The Morgan fingerprint density at radius 3 is 2.92 bits per heavy atom. The van der Waals surface area contributed by atoms with Crippen LogP contribution in [0.3, 0.4) is 0 Å². The summed E-state index contributed by atoms with van der Waals surface area (Å²) in [6, 6.07) is 4.17. The second-order valence-corrected chi connectivity index (χ2v) is 3.38. The average Bonchev–Trinajstić information content (AvgIpc) is 2.14. The van der Waals surface area contributed by atoms with E-state index in [1.807, 2.05) is 12.3 Å². The smallest absolute Gasteiger partial charge is 0.0472 e. The Labute approximate surface area is 80.5 Å². The predicted octanol–water partition coefficient (Wildman–Crippen LogP) is 3.46. The van der Waals surface area contributed by atoms with Gasteiger partial charge in [0.2, 0.25) is 0 Å². The van der Waals surface area contributed by atoms with E-state index >= 15 is 0 Å². The van der Waals surface area contributed by atoms with Gasteiger partial charge in [0.25, 0.3) is 0 Å². The summed E-state index contributed by atoms with van der Waals surface area (Å²) in [6.07, 6.45) is 7.37. The van der Waals surface area contributed by atoms with E-state index in [9.17, 15) is 0 Å². The number of nitrogens with zero attached hydrogens (tertiary/aromatic N) is 1. The Hall–Kier alpha value is -1.11. The maximum Gasteiger partial charge on any atom is 0.0472 e. The Bertz CT molecular complexity index is 289. The molecule has 1 aromatic heterocycles. The first-order valence-corrected chi connectivity index (χ1v) is 4.83. The minimum atomic E-state index is 0.430. The highest BCUT2D eigenvalue weighted by molar-refractivity contribution is 5.20. The van der Waals surface area contributed by atoms with E-state index in [1.165, 1.54) is 5.56 Å². The van der Waals surface area contributed by atoms with Crippen molar-refractivity contribution in [3.63, 3.8) is 0 Å². The molecule has 0 aliphatic rings. The predicted molar refractivity (Wildman–Crippen MR) is 56.8 cm³/mol. The molecule has 0 bridgehead atoms. The summed E-state index contributed by atoms with van der Waals surface area (Å²) < 4.78 is 0. The molecular weight excluding hydrogens is 158 g/mol. The van der Waals surface area contributed by atoms with Crippen LogP contribution in [0.5, 0.6) is 0 Å². The van der Waals surface area contributed by atoms with E-state index in [-0.39, 0.29) is 0 Å². The van der Waals surface area contributed by atoms with Crippen molar-refractivity contribution in [3.05, 3.63) is 41.7 Å². The zero-order valence-corrected chi connectivity index (χ0v) is 8.62. The first-order valence-electron chi connectivity index (χ1n) is 4.83. The normalized spacial score (nSPS) is 13.5. The lowest BCUT2D eigenvalue weighted by Gasteiger charge is -2.05. The summed E-state index contributed by atoms with van der Waals surface area (Å²) in [5.74, 6) is 0.430. The lowest BCUT2D eigenvalue weighted by molar-refractivity contribution is 0.897. The summed E-state index contributed by atoms with van der Waals surface area (Å²) >= 11 is 0. The van der Waals surface area contributed by atoms with Gasteiger partial charge in [-0.2, -0.15) is 0 Å². The fraction of sp³-hybridized carbons (Fsp3) is 0.417. The summed E-state index contributed by atoms with van der Waals surface area (Å²) in [4.78, 5) is 4.34. The lowest BCUT2D eigenvalue weighted by Crippen LogP contribution is -1.93. The Kier molecular flexibility index (Phi) is 3.69. The van der Waals surface area contributed by atoms with Gasteiger partial charge in [-0.1, -0.05) is 26.0 Å². The highest BCUT2D eigenvalue weighted by Crippen LogP contribution is 2.14. The van der Waals surface area contributed by atoms with Crippen LogP contribution in [0.2, 0.25) is 0 Å². The maximum absolute atomic E-state index is 4.34. The van der Waals surface area contributed by atoms with Crippen LogP contribution in [0.4, 0.5) is 0 Å². The van der Waals surface area contributed by atoms with E-state index in [1.54, 1.807) is 0 Å². The van der Waals surface area contributed by atoms with Crippen molar-refractivity contribution < 1.29 is 0 Å². The van der Waals surface area contributed by atoms with Gasteiger partial charge >= 0.3 is 0 Å². The van der Waals surface area contributed by atoms with Gasteiger partial charge in [-0.05, 0) is 31.0 Å². The largest absolute Gasteiger partial charge is 0.261 e. The highest BCUT2D eigenvalue weighted by Gasteiger charge is 2.01. The molecule has 0 saturated carbocycles. The molecule has 0 radical (unpaired) electrons. The van der Waals surface area contributed by atoms with Crippen LogP contribution < -0.4 is 0 Å². The third-order valence-electron chi connectivity index (χ3n) is 2.06. The van der Waals surface area contributed by atoms with Crippen molar-refractivity contribution in [3.8, 4) is 0 Å². The number of rotatable bonds is 3. The Morgan fingerprint density at radius 2 is 2.31 bits per heavy atom. The molecule has 0 spiro atoms. The van der Waals surface area contributed by atoms with Crippen molar-refractivity contribution >= 4 is 0 Å². The van der Waals surface area contributed by atoms with Crippen LogP contribution in [-0.2, 0) is 0 Å². The van der Waals surface area contributed by atoms with Crippen LogP contribution in [0.15, 0.2) is 30.5 Å². The quantitative estimate of drug-likeness (QED) is 0.641. The molecule has 0 aliphatic carbocycles. The molecule has 0 amide bonds. The molecule has 13 heavy (non-hydrogen) atoms. The van der Waals surface area contributed by atoms with Gasteiger partial charge in [-0.15, -0.1) is 0 Å². The Morgan fingerprint density at radius 1 is 1.54 bits per heavy atom. The fourth-order valence-electron chi connectivity index (χ4n) is 1.25. The van der Waals surface area contributed by atoms with Crippen molar-refractivity contribution in [2.45, 2.75) is 33.1 Å². The van der Waals surface area contributed by atoms with Crippen LogP contribution in [-0.4, -0.2) is 4.98 Å². The summed E-state index contributed by atoms with van der Waals surface area (Å²) in [7, 11) is 0.